The molecule has 0 aromatic heterocycles. The van der Waals surface area contributed by atoms with Crippen LogP contribution in [0.2, 0.25) is 0 Å². The summed E-state index contributed by atoms with van der Waals surface area (Å²) in [5.74, 6) is 0. The number of rotatable bonds is 5. The number of fused-ring (bicyclic) bond motifs is 2. The molecular formula is C25H22. The third-order valence-electron chi connectivity index (χ3n) is 4.87. The van der Waals surface area contributed by atoms with E-state index in [1.807, 2.05) is 6.07 Å². The molecule has 0 spiro atoms. The van der Waals surface area contributed by atoms with Gasteiger partial charge in [-0.25, -0.2) is 0 Å². The Bertz CT molecular complexity index is 1010. The van der Waals surface area contributed by atoms with Crippen LogP contribution < -0.4 is 0 Å². The van der Waals surface area contributed by atoms with Gasteiger partial charge in [0.25, 0.3) is 0 Å². The molecule has 0 nitrogen and oxygen atoms in total. The first-order valence-corrected chi connectivity index (χ1v) is 9.20. The predicted molar refractivity (Wildman–Crippen MR) is 108 cm³/mol. The second-order valence-corrected chi connectivity index (χ2v) is 6.65. The number of aryl methyl sites for hydroxylation is 1. The van der Waals surface area contributed by atoms with Gasteiger partial charge in [0.2, 0.25) is 0 Å². The molecule has 2 radical (unpaired) electrons. The average molecular weight is 322 g/mol. The van der Waals surface area contributed by atoms with Crippen LogP contribution in [0.3, 0.4) is 0 Å². The number of hydrogen-bond acceptors (Lipinski definition) is 0. The smallest absolute Gasteiger partial charge is 0.00112 e. The van der Waals surface area contributed by atoms with E-state index < -0.39 is 0 Å². The summed E-state index contributed by atoms with van der Waals surface area (Å²) in [5, 5.41) is 5.06. The van der Waals surface area contributed by atoms with Gasteiger partial charge in [0, 0.05) is 0 Å². The largest absolute Gasteiger partial charge is 0.0654 e. The average Bonchev–Trinajstić information content (AvgIpc) is 2.67. The molecule has 0 atom stereocenters. The highest BCUT2D eigenvalue weighted by Crippen LogP contribution is 2.34. The molecule has 0 bridgehead atoms. The summed E-state index contributed by atoms with van der Waals surface area (Å²) in [6, 6.07) is 30.9. The molecule has 0 aliphatic carbocycles. The van der Waals surface area contributed by atoms with Crippen molar-refractivity contribution in [2.75, 3.05) is 0 Å². The van der Waals surface area contributed by atoms with Crippen molar-refractivity contribution < 1.29 is 0 Å². The van der Waals surface area contributed by atoms with Gasteiger partial charge < -0.3 is 0 Å². The monoisotopic (exact) mass is 322 g/mol. The van der Waals surface area contributed by atoms with Crippen molar-refractivity contribution in [3.63, 3.8) is 0 Å². The molecule has 0 saturated carbocycles. The first-order valence-electron chi connectivity index (χ1n) is 9.20. The van der Waals surface area contributed by atoms with Crippen molar-refractivity contribution in [2.45, 2.75) is 32.6 Å². The van der Waals surface area contributed by atoms with Gasteiger partial charge >= 0.3 is 0 Å². The Kier molecular flexibility index (Phi) is 4.52. The van der Waals surface area contributed by atoms with Crippen LogP contribution in [-0.2, 0) is 6.42 Å². The lowest BCUT2D eigenvalue weighted by molar-refractivity contribution is 0.717. The van der Waals surface area contributed by atoms with Crippen molar-refractivity contribution >= 4 is 21.5 Å². The fraction of sp³-hybridized carbons (Fsp3) is 0.200. The van der Waals surface area contributed by atoms with Crippen LogP contribution in [0.25, 0.3) is 32.7 Å². The standard InChI is InChI=1S/C25H22/c1-2-3-4-10-19-17-21-12-6-8-15-23(21)25(18-19)24-16-9-13-20-11-5-7-14-22(20)24/h5-9,11-15,17H,2-4,10H2,1H3. The predicted octanol–water partition coefficient (Wildman–Crippen LogP) is 6.99. The Morgan fingerprint density at radius 3 is 2.28 bits per heavy atom. The maximum absolute atomic E-state index is 3.72. The summed E-state index contributed by atoms with van der Waals surface area (Å²) in [6.45, 7) is 2.25. The molecule has 4 rings (SSSR count). The topological polar surface area (TPSA) is 0 Å². The van der Waals surface area contributed by atoms with Gasteiger partial charge in [-0.15, -0.1) is 0 Å². The Balaban J connectivity index is 1.92. The van der Waals surface area contributed by atoms with Crippen molar-refractivity contribution in [3.05, 3.63) is 84.4 Å². The lowest BCUT2D eigenvalue weighted by atomic mass is 9.91. The normalized spacial score (nSPS) is 11.2. The molecule has 0 heteroatoms. The summed E-state index contributed by atoms with van der Waals surface area (Å²) >= 11 is 0. The second-order valence-electron chi connectivity index (χ2n) is 6.65. The third kappa shape index (κ3) is 3.17. The molecule has 0 aliphatic rings. The Morgan fingerprint density at radius 1 is 0.760 bits per heavy atom. The van der Waals surface area contributed by atoms with E-state index in [1.54, 1.807) is 0 Å². The lowest BCUT2D eigenvalue weighted by Crippen LogP contribution is -1.91. The van der Waals surface area contributed by atoms with E-state index in [0.717, 1.165) is 12.0 Å². The molecule has 0 fully saturated rings. The summed E-state index contributed by atoms with van der Waals surface area (Å²) in [6.07, 6.45) is 4.84. The van der Waals surface area contributed by atoms with E-state index in [4.69, 9.17) is 0 Å². The van der Waals surface area contributed by atoms with Crippen LogP contribution in [-0.4, -0.2) is 0 Å². The second kappa shape index (κ2) is 7.11. The van der Waals surface area contributed by atoms with E-state index in [9.17, 15) is 0 Å². The van der Waals surface area contributed by atoms with Crippen molar-refractivity contribution in [3.8, 4) is 11.1 Å². The molecule has 0 unspecified atom stereocenters. The van der Waals surface area contributed by atoms with Crippen LogP contribution in [0.4, 0.5) is 0 Å². The molecule has 4 aromatic rings. The zero-order valence-electron chi connectivity index (χ0n) is 14.7. The molecule has 0 heterocycles. The highest BCUT2D eigenvalue weighted by Gasteiger charge is 2.10. The minimum atomic E-state index is 1.09. The summed E-state index contributed by atoms with van der Waals surface area (Å²) in [7, 11) is 0. The maximum Gasteiger partial charge on any atom is -0.00112 e. The first kappa shape index (κ1) is 15.9. The quantitative estimate of drug-likeness (QED) is 0.347. The van der Waals surface area contributed by atoms with Gasteiger partial charge in [-0.05, 0) is 63.2 Å². The maximum atomic E-state index is 3.72. The molecule has 0 amide bonds. The van der Waals surface area contributed by atoms with E-state index in [-0.39, 0.29) is 0 Å². The SMILES string of the molecule is CCCCCc1[c]c(-c2[c]ccc3ccccc23)c2ccccc2c1. The van der Waals surface area contributed by atoms with Gasteiger partial charge in [0.15, 0.2) is 0 Å². The number of unbranched alkanes of at least 4 members (excludes halogenated alkanes) is 2. The molecule has 0 saturated heterocycles. The lowest BCUT2D eigenvalue weighted by Gasteiger charge is -2.12. The molecule has 4 aromatic carbocycles. The van der Waals surface area contributed by atoms with Gasteiger partial charge in [0.05, 0.1) is 0 Å². The fourth-order valence-corrected chi connectivity index (χ4v) is 3.57. The van der Waals surface area contributed by atoms with Crippen LogP contribution in [0.1, 0.15) is 31.7 Å². The van der Waals surface area contributed by atoms with E-state index in [2.05, 4.69) is 79.7 Å². The van der Waals surface area contributed by atoms with Gasteiger partial charge in [-0.2, -0.15) is 0 Å². The van der Waals surface area contributed by atoms with E-state index in [0.29, 0.717) is 0 Å². The van der Waals surface area contributed by atoms with Gasteiger partial charge in [-0.3, -0.25) is 0 Å². The highest BCUT2D eigenvalue weighted by atomic mass is 14.1. The van der Waals surface area contributed by atoms with Crippen LogP contribution in [0.5, 0.6) is 0 Å². The van der Waals surface area contributed by atoms with E-state index >= 15 is 0 Å². The fourth-order valence-electron chi connectivity index (χ4n) is 3.57. The van der Waals surface area contributed by atoms with Crippen LogP contribution >= 0.6 is 0 Å². The Morgan fingerprint density at radius 2 is 1.48 bits per heavy atom. The Labute approximate surface area is 150 Å². The number of hydrogen-bond donors (Lipinski definition) is 0. The van der Waals surface area contributed by atoms with Gasteiger partial charge in [-0.1, -0.05) is 86.5 Å². The summed E-state index contributed by atoms with van der Waals surface area (Å²) in [5.41, 5.74) is 3.65. The van der Waals surface area contributed by atoms with E-state index in [1.165, 1.54) is 51.9 Å². The van der Waals surface area contributed by atoms with Crippen molar-refractivity contribution in [1.29, 1.82) is 0 Å². The van der Waals surface area contributed by atoms with Crippen molar-refractivity contribution in [2.24, 2.45) is 0 Å². The van der Waals surface area contributed by atoms with Crippen LogP contribution in [0, 0.1) is 12.1 Å². The molecule has 0 aliphatic heterocycles. The Hall–Kier alpha value is -2.60. The molecular weight excluding hydrogens is 300 g/mol. The minimum absolute atomic E-state index is 1.09. The summed E-state index contributed by atoms with van der Waals surface area (Å²) < 4.78 is 0. The molecule has 0 N–H and O–H groups in total. The summed E-state index contributed by atoms with van der Waals surface area (Å²) in [4.78, 5) is 0. The molecule has 25 heavy (non-hydrogen) atoms. The minimum Gasteiger partial charge on any atom is -0.0654 e. The first-order chi connectivity index (χ1) is 12.4. The number of benzene rings is 4. The van der Waals surface area contributed by atoms with Gasteiger partial charge in [0.1, 0.15) is 0 Å². The van der Waals surface area contributed by atoms with Crippen molar-refractivity contribution in [1.82, 2.24) is 0 Å². The highest BCUT2D eigenvalue weighted by molar-refractivity contribution is 6.05. The van der Waals surface area contributed by atoms with Crippen LogP contribution in [0.15, 0.2) is 66.7 Å². The zero-order valence-corrected chi connectivity index (χ0v) is 14.7. The third-order valence-corrected chi connectivity index (χ3v) is 4.87. The molecule has 122 valence electrons. The zero-order chi connectivity index (χ0) is 17.1.